The largest absolute Gasteiger partial charge is 0.378 e. The Morgan fingerprint density at radius 2 is 2.47 bits per heavy atom. The van der Waals surface area contributed by atoms with E-state index in [1.165, 1.54) is 18.6 Å². The molecule has 2 fully saturated rings. The lowest BCUT2D eigenvalue weighted by atomic mass is 10.0. The predicted octanol–water partition coefficient (Wildman–Crippen LogP) is 1.88. The first-order chi connectivity index (χ1) is 7.29. The van der Waals surface area contributed by atoms with Gasteiger partial charge in [-0.05, 0) is 19.8 Å². The zero-order valence-electron chi connectivity index (χ0n) is 9.53. The van der Waals surface area contributed by atoms with Crippen LogP contribution in [-0.2, 0) is 4.74 Å². The molecule has 2 rings (SSSR count). The average molecular weight is 228 g/mol. The van der Waals surface area contributed by atoms with Gasteiger partial charge in [0.1, 0.15) is 0 Å². The molecular formula is C11H20N2OS. The van der Waals surface area contributed by atoms with Crippen molar-refractivity contribution in [3.8, 4) is 0 Å². The number of nitrogens with one attached hydrogen (secondary N) is 1. The Bertz CT molecular complexity index is 245. The molecule has 2 aliphatic rings. The molecule has 0 spiro atoms. The van der Waals surface area contributed by atoms with E-state index in [9.17, 15) is 0 Å². The second kappa shape index (κ2) is 5.21. The summed E-state index contributed by atoms with van der Waals surface area (Å²) in [6.45, 7) is 6.21. The number of nitrogens with zero attached hydrogens (tertiary/aromatic N) is 1. The van der Waals surface area contributed by atoms with E-state index in [1.54, 1.807) is 0 Å². The van der Waals surface area contributed by atoms with Gasteiger partial charge in [0, 0.05) is 30.9 Å². The summed E-state index contributed by atoms with van der Waals surface area (Å²) < 4.78 is 5.53. The number of ether oxygens (including phenoxy) is 1. The highest BCUT2D eigenvalue weighted by Gasteiger charge is 2.24. The van der Waals surface area contributed by atoms with E-state index in [2.05, 4.69) is 24.2 Å². The quantitative estimate of drug-likeness (QED) is 0.801. The third kappa shape index (κ3) is 2.88. The molecule has 2 saturated heterocycles. The fourth-order valence-corrected chi connectivity index (χ4v) is 3.06. The molecule has 3 nitrogen and oxygen atoms in total. The molecule has 0 aromatic heterocycles. The van der Waals surface area contributed by atoms with Gasteiger partial charge in [-0.25, -0.2) is 0 Å². The second-order valence-electron chi connectivity index (χ2n) is 4.33. The van der Waals surface area contributed by atoms with Crippen molar-refractivity contribution in [2.75, 3.05) is 18.9 Å². The molecule has 0 aromatic rings. The molecule has 4 heteroatoms. The number of hydrogen-bond donors (Lipinski definition) is 1. The smallest absolute Gasteiger partial charge is 0.156 e. The molecule has 0 aliphatic carbocycles. The molecule has 0 aromatic carbocycles. The maximum atomic E-state index is 5.53. The summed E-state index contributed by atoms with van der Waals surface area (Å²) in [6, 6.07) is 0.631. The lowest BCUT2D eigenvalue weighted by Gasteiger charge is -2.11. The minimum absolute atomic E-state index is 0.391. The maximum absolute atomic E-state index is 5.53. The predicted molar refractivity (Wildman–Crippen MR) is 65.5 cm³/mol. The number of amidine groups is 1. The lowest BCUT2D eigenvalue weighted by Crippen LogP contribution is -2.26. The zero-order chi connectivity index (χ0) is 10.7. The monoisotopic (exact) mass is 228 g/mol. The first-order valence-electron chi connectivity index (χ1n) is 5.85. The highest BCUT2D eigenvalue weighted by atomic mass is 32.2. The number of thioether (sulfide) groups is 1. The molecule has 0 radical (unpaired) electrons. The Kier molecular flexibility index (Phi) is 3.92. The van der Waals surface area contributed by atoms with Gasteiger partial charge in [-0.3, -0.25) is 4.99 Å². The SMILES string of the molecule is CCC1CSC(=NCC2CCOC2C)N1. The summed E-state index contributed by atoms with van der Waals surface area (Å²) in [5.41, 5.74) is 0. The highest BCUT2D eigenvalue weighted by Crippen LogP contribution is 2.22. The lowest BCUT2D eigenvalue weighted by molar-refractivity contribution is 0.107. The molecule has 0 saturated carbocycles. The Balaban J connectivity index is 1.79. The third-order valence-electron chi connectivity index (χ3n) is 3.24. The summed E-state index contributed by atoms with van der Waals surface area (Å²) in [5.74, 6) is 1.80. The van der Waals surface area contributed by atoms with Gasteiger partial charge in [0.15, 0.2) is 5.17 Å². The van der Waals surface area contributed by atoms with Crippen LogP contribution in [0.5, 0.6) is 0 Å². The Morgan fingerprint density at radius 3 is 3.07 bits per heavy atom. The zero-order valence-corrected chi connectivity index (χ0v) is 10.3. The molecule has 2 heterocycles. The van der Waals surface area contributed by atoms with Crippen molar-refractivity contribution < 1.29 is 4.74 Å². The van der Waals surface area contributed by atoms with Crippen molar-refractivity contribution in [2.24, 2.45) is 10.9 Å². The fraction of sp³-hybridized carbons (Fsp3) is 0.909. The van der Waals surface area contributed by atoms with Crippen LogP contribution in [0, 0.1) is 5.92 Å². The summed E-state index contributed by atoms with van der Waals surface area (Å²) in [6.07, 6.45) is 2.75. The summed E-state index contributed by atoms with van der Waals surface area (Å²) >= 11 is 1.86. The minimum Gasteiger partial charge on any atom is -0.378 e. The van der Waals surface area contributed by atoms with Gasteiger partial charge in [0.05, 0.1) is 6.10 Å². The molecule has 0 amide bonds. The topological polar surface area (TPSA) is 33.6 Å². The van der Waals surface area contributed by atoms with E-state index >= 15 is 0 Å². The van der Waals surface area contributed by atoms with E-state index in [0.29, 0.717) is 18.1 Å². The van der Waals surface area contributed by atoms with Crippen LogP contribution < -0.4 is 5.32 Å². The molecule has 0 bridgehead atoms. The van der Waals surface area contributed by atoms with Gasteiger partial charge < -0.3 is 10.1 Å². The molecule has 2 aliphatic heterocycles. The van der Waals surface area contributed by atoms with Crippen molar-refractivity contribution in [3.63, 3.8) is 0 Å². The second-order valence-corrected chi connectivity index (χ2v) is 5.34. The van der Waals surface area contributed by atoms with Crippen molar-refractivity contribution >= 4 is 16.9 Å². The van der Waals surface area contributed by atoms with Crippen LogP contribution in [0.4, 0.5) is 0 Å². The van der Waals surface area contributed by atoms with Crippen molar-refractivity contribution in [2.45, 2.75) is 38.8 Å². The molecule has 3 atom stereocenters. The van der Waals surface area contributed by atoms with E-state index in [0.717, 1.165) is 18.3 Å². The van der Waals surface area contributed by atoms with Crippen molar-refractivity contribution in [1.29, 1.82) is 0 Å². The standard InChI is InChI=1S/C11H20N2OS/c1-3-10-7-15-11(13-10)12-6-9-4-5-14-8(9)2/h8-10H,3-7H2,1-2H3,(H,12,13). The normalized spacial score (nSPS) is 38.5. The van der Waals surface area contributed by atoms with E-state index in [4.69, 9.17) is 4.74 Å². The maximum Gasteiger partial charge on any atom is 0.156 e. The van der Waals surface area contributed by atoms with Gasteiger partial charge in [0.2, 0.25) is 0 Å². The molecule has 3 unspecified atom stereocenters. The van der Waals surface area contributed by atoms with Crippen LogP contribution in [-0.4, -0.2) is 36.2 Å². The number of hydrogen-bond acceptors (Lipinski definition) is 3. The highest BCUT2D eigenvalue weighted by molar-refractivity contribution is 8.14. The molecule has 1 N–H and O–H groups in total. The average Bonchev–Trinajstić information content (AvgIpc) is 2.84. The van der Waals surface area contributed by atoms with Gasteiger partial charge in [-0.15, -0.1) is 0 Å². The Morgan fingerprint density at radius 1 is 1.60 bits per heavy atom. The summed E-state index contributed by atoms with van der Waals surface area (Å²) in [7, 11) is 0. The van der Waals surface area contributed by atoms with Gasteiger partial charge in [0.25, 0.3) is 0 Å². The Hall–Kier alpha value is -0.220. The first kappa shape index (κ1) is 11.3. The Labute approximate surface area is 96.1 Å². The third-order valence-corrected chi connectivity index (χ3v) is 4.33. The van der Waals surface area contributed by atoms with Gasteiger partial charge in [-0.1, -0.05) is 18.7 Å². The number of rotatable bonds is 3. The molecule has 15 heavy (non-hydrogen) atoms. The number of aliphatic imine (C=N–C) groups is 1. The van der Waals surface area contributed by atoms with Crippen LogP contribution in [0.3, 0.4) is 0 Å². The van der Waals surface area contributed by atoms with Gasteiger partial charge in [-0.2, -0.15) is 0 Å². The van der Waals surface area contributed by atoms with E-state index in [1.807, 2.05) is 11.8 Å². The summed E-state index contributed by atoms with van der Waals surface area (Å²) in [4.78, 5) is 4.64. The fourth-order valence-electron chi connectivity index (χ4n) is 1.96. The van der Waals surface area contributed by atoms with Crippen LogP contribution in [0.25, 0.3) is 0 Å². The minimum atomic E-state index is 0.391. The molecule has 86 valence electrons. The van der Waals surface area contributed by atoms with Crippen LogP contribution in [0.15, 0.2) is 4.99 Å². The van der Waals surface area contributed by atoms with E-state index < -0.39 is 0 Å². The van der Waals surface area contributed by atoms with Crippen molar-refractivity contribution in [1.82, 2.24) is 5.32 Å². The van der Waals surface area contributed by atoms with Crippen LogP contribution in [0.1, 0.15) is 26.7 Å². The van der Waals surface area contributed by atoms with Gasteiger partial charge >= 0.3 is 0 Å². The van der Waals surface area contributed by atoms with Crippen molar-refractivity contribution in [3.05, 3.63) is 0 Å². The van der Waals surface area contributed by atoms with Crippen LogP contribution >= 0.6 is 11.8 Å². The van der Waals surface area contributed by atoms with Crippen LogP contribution in [0.2, 0.25) is 0 Å². The summed E-state index contributed by atoms with van der Waals surface area (Å²) in [5, 5.41) is 4.59. The van der Waals surface area contributed by atoms with E-state index in [-0.39, 0.29) is 0 Å². The molecular weight excluding hydrogens is 208 g/mol. The first-order valence-corrected chi connectivity index (χ1v) is 6.83.